The maximum Gasteiger partial charge on any atom is 0.225 e. The molecule has 2 aromatic carbocycles. The van der Waals surface area contributed by atoms with E-state index in [1.807, 2.05) is 52.0 Å². The molecule has 0 saturated heterocycles. The van der Waals surface area contributed by atoms with Crippen molar-refractivity contribution in [1.29, 1.82) is 0 Å². The van der Waals surface area contributed by atoms with E-state index in [9.17, 15) is 13.2 Å². The Kier molecular flexibility index (Phi) is 6.12. The molecule has 0 radical (unpaired) electrons. The van der Waals surface area contributed by atoms with Crippen LogP contribution in [0.1, 0.15) is 34.4 Å². The summed E-state index contributed by atoms with van der Waals surface area (Å²) < 4.78 is 31.3. The van der Waals surface area contributed by atoms with Crippen molar-refractivity contribution in [2.24, 2.45) is 0 Å². The first-order chi connectivity index (χ1) is 14.1. The van der Waals surface area contributed by atoms with Crippen molar-refractivity contribution in [2.45, 2.75) is 45.9 Å². The van der Waals surface area contributed by atoms with Gasteiger partial charge in [0.15, 0.2) is 15.6 Å². The number of aromatic nitrogens is 1. The van der Waals surface area contributed by atoms with Gasteiger partial charge in [-0.2, -0.15) is 0 Å². The van der Waals surface area contributed by atoms with Gasteiger partial charge in [0.05, 0.1) is 16.3 Å². The van der Waals surface area contributed by atoms with E-state index in [4.69, 9.17) is 4.52 Å². The van der Waals surface area contributed by atoms with Crippen LogP contribution in [0.2, 0.25) is 0 Å². The van der Waals surface area contributed by atoms with Crippen LogP contribution in [0.25, 0.3) is 11.3 Å². The molecule has 3 aromatic rings. The van der Waals surface area contributed by atoms with Crippen LogP contribution < -0.4 is 5.32 Å². The SMILES string of the molecule is Cc1ccc(-c2onc(C)c2C)cc1S(=O)(=O)CCC(=O)Nc1c(C)cccc1C. The molecule has 0 aliphatic rings. The summed E-state index contributed by atoms with van der Waals surface area (Å²) in [7, 11) is -3.66. The Labute approximate surface area is 177 Å². The number of carbonyl (C=O) groups excluding carboxylic acids is 1. The van der Waals surface area contributed by atoms with Crippen LogP contribution in [0.4, 0.5) is 5.69 Å². The van der Waals surface area contributed by atoms with Gasteiger partial charge in [0, 0.05) is 23.2 Å². The topological polar surface area (TPSA) is 89.3 Å². The van der Waals surface area contributed by atoms with E-state index < -0.39 is 9.84 Å². The van der Waals surface area contributed by atoms with E-state index in [-0.39, 0.29) is 23.0 Å². The number of amides is 1. The van der Waals surface area contributed by atoms with E-state index >= 15 is 0 Å². The van der Waals surface area contributed by atoms with Crippen LogP contribution in [-0.4, -0.2) is 25.2 Å². The number of aryl methyl sites for hydroxylation is 4. The number of benzene rings is 2. The molecule has 0 aliphatic heterocycles. The summed E-state index contributed by atoms with van der Waals surface area (Å²) in [5, 5.41) is 6.78. The third-order valence-corrected chi connectivity index (χ3v) is 7.14. The van der Waals surface area contributed by atoms with Crippen molar-refractivity contribution in [3.63, 3.8) is 0 Å². The molecule has 0 aliphatic carbocycles. The maximum atomic E-state index is 13.0. The molecule has 0 atom stereocenters. The molecular formula is C23H26N2O4S. The van der Waals surface area contributed by atoms with E-state index in [0.717, 1.165) is 28.1 Å². The Hall–Kier alpha value is -2.93. The lowest BCUT2D eigenvalue weighted by molar-refractivity contribution is -0.115. The number of hydrogen-bond acceptors (Lipinski definition) is 5. The maximum absolute atomic E-state index is 13.0. The van der Waals surface area contributed by atoms with Gasteiger partial charge in [0.1, 0.15) is 0 Å². The minimum Gasteiger partial charge on any atom is -0.356 e. The molecule has 0 fully saturated rings. The fraction of sp³-hybridized carbons (Fsp3) is 0.304. The van der Waals surface area contributed by atoms with Gasteiger partial charge in [-0.05, 0) is 57.4 Å². The van der Waals surface area contributed by atoms with Crippen LogP contribution in [-0.2, 0) is 14.6 Å². The highest BCUT2D eigenvalue weighted by Crippen LogP contribution is 2.29. The first-order valence-corrected chi connectivity index (χ1v) is 11.4. The summed E-state index contributed by atoms with van der Waals surface area (Å²) in [4.78, 5) is 12.6. The van der Waals surface area contributed by atoms with Crippen molar-refractivity contribution >= 4 is 21.4 Å². The number of para-hydroxylation sites is 1. The zero-order valence-electron chi connectivity index (χ0n) is 17.9. The van der Waals surface area contributed by atoms with Crippen molar-refractivity contribution in [2.75, 3.05) is 11.1 Å². The second-order valence-corrected chi connectivity index (χ2v) is 9.66. The largest absolute Gasteiger partial charge is 0.356 e. The van der Waals surface area contributed by atoms with E-state index in [1.54, 1.807) is 19.1 Å². The number of anilines is 1. The summed E-state index contributed by atoms with van der Waals surface area (Å²) >= 11 is 0. The molecule has 6 nitrogen and oxygen atoms in total. The highest BCUT2D eigenvalue weighted by molar-refractivity contribution is 7.91. The molecule has 0 saturated carbocycles. The standard InChI is InChI=1S/C23H26N2O4S/c1-14-9-10-19(23-17(4)18(5)25-29-23)13-20(14)30(27,28)12-11-21(26)24-22-15(2)7-6-8-16(22)3/h6-10,13H,11-12H2,1-5H3,(H,24,26). The van der Waals surface area contributed by atoms with Crippen molar-refractivity contribution in [3.05, 3.63) is 64.3 Å². The predicted octanol–water partition coefficient (Wildman–Crippen LogP) is 4.69. The van der Waals surface area contributed by atoms with Crippen molar-refractivity contribution in [1.82, 2.24) is 5.16 Å². The Morgan fingerprint density at radius 1 is 1.00 bits per heavy atom. The van der Waals surface area contributed by atoms with Gasteiger partial charge in [-0.3, -0.25) is 4.79 Å². The second kappa shape index (κ2) is 8.44. The van der Waals surface area contributed by atoms with Gasteiger partial charge >= 0.3 is 0 Å². The van der Waals surface area contributed by atoms with Crippen LogP contribution in [0.5, 0.6) is 0 Å². The number of hydrogen-bond donors (Lipinski definition) is 1. The van der Waals surface area contributed by atoms with Gasteiger partial charge in [-0.15, -0.1) is 0 Å². The molecule has 3 rings (SSSR count). The number of nitrogens with one attached hydrogen (secondary N) is 1. The van der Waals surface area contributed by atoms with Gasteiger partial charge < -0.3 is 9.84 Å². The molecular weight excluding hydrogens is 400 g/mol. The van der Waals surface area contributed by atoms with Gasteiger partial charge in [0.2, 0.25) is 5.91 Å². The lowest BCUT2D eigenvalue weighted by atomic mass is 10.1. The van der Waals surface area contributed by atoms with Crippen molar-refractivity contribution in [3.8, 4) is 11.3 Å². The lowest BCUT2D eigenvalue weighted by Gasteiger charge is -2.12. The zero-order valence-corrected chi connectivity index (χ0v) is 18.7. The minimum atomic E-state index is -3.66. The minimum absolute atomic E-state index is 0.125. The van der Waals surface area contributed by atoms with Crippen LogP contribution >= 0.6 is 0 Å². The first-order valence-electron chi connectivity index (χ1n) is 9.73. The number of carbonyl (C=O) groups is 1. The molecule has 1 aromatic heterocycles. The number of nitrogens with zero attached hydrogens (tertiary/aromatic N) is 1. The molecule has 0 spiro atoms. The van der Waals surface area contributed by atoms with Crippen LogP contribution in [0.3, 0.4) is 0 Å². The molecule has 7 heteroatoms. The summed E-state index contributed by atoms with van der Waals surface area (Å²) in [5.41, 5.74) is 5.52. The molecule has 1 N–H and O–H groups in total. The van der Waals surface area contributed by atoms with E-state index in [1.165, 1.54) is 0 Å². The summed E-state index contributed by atoms with van der Waals surface area (Å²) in [5.74, 6) is -0.0501. The first kappa shape index (κ1) is 21.8. The summed E-state index contributed by atoms with van der Waals surface area (Å²) in [6.07, 6.45) is -0.125. The lowest BCUT2D eigenvalue weighted by Crippen LogP contribution is -2.19. The van der Waals surface area contributed by atoms with Crippen molar-refractivity contribution < 1.29 is 17.7 Å². The molecule has 158 valence electrons. The molecule has 0 unspecified atom stereocenters. The quantitative estimate of drug-likeness (QED) is 0.618. The monoisotopic (exact) mass is 426 g/mol. The smallest absolute Gasteiger partial charge is 0.225 e. The number of rotatable bonds is 6. The molecule has 0 bridgehead atoms. The molecule has 1 amide bonds. The fourth-order valence-electron chi connectivity index (χ4n) is 3.31. The summed E-state index contributed by atoms with van der Waals surface area (Å²) in [6.45, 7) is 9.27. The highest BCUT2D eigenvalue weighted by atomic mass is 32.2. The predicted molar refractivity (Wildman–Crippen MR) is 117 cm³/mol. The Balaban J connectivity index is 1.79. The second-order valence-electron chi connectivity index (χ2n) is 7.59. The zero-order chi connectivity index (χ0) is 22.1. The average molecular weight is 427 g/mol. The summed E-state index contributed by atoms with van der Waals surface area (Å²) in [6, 6.07) is 10.9. The Morgan fingerprint density at radius 2 is 1.67 bits per heavy atom. The normalized spacial score (nSPS) is 11.5. The highest BCUT2D eigenvalue weighted by Gasteiger charge is 2.21. The van der Waals surface area contributed by atoms with E-state index in [2.05, 4.69) is 10.5 Å². The van der Waals surface area contributed by atoms with E-state index in [0.29, 0.717) is 16.9 Å². The fourth-order valence-corrected chi connectivity index (χ4v) is 4.85. The van der Waals surface area contributed by atoms with Gasteiger partial charge in [-0.25, -0.2) is 8.42 Å². The van der Waals surface area contributed by atoms with Gasteiger partial charge in [-0.1, -0.05) is 35.5 Å². The third kappa shape index (κ3) is 4.46. The molecule has 1 heterocycles. The average Bonchev–Trinajstić information content (AvgIpc) is 3.02. The molecule has 30 heavy (non-hydrogen) atoms. The van der Waals surface area contributed by atoms with Crippen LogP contribution in [0, 0.1) is 34.6 Å². The van der Waals surface area contributed by atoms with Gasteiger partial charge in [0.25, 0.3) is 0 Å². The Morgan fingerprint density at radius 3 is 2.27 bits per heavy atom. The number of sulfone groups is 1. The Bertz CT molecular complexity index is 1190. The van der Waals surface area contributed by atoms with Crippen LogP contribution in [0.15, 0.2) is 45.8 Å². The third-order valence-electron chi connectivity index (χ3n) is 5.29.